The van der Waals surface area contributed by atoms with Gasteiger partial charge in [-0.05, 0) is 87.0 Å². The lowest BCUT2D eigenvalue weighted by Gasteiger charge is -2.43. The number of alkyl halides is 1. The Hall–Kier alpha value is -7.45. The van der Waals surface area contributed by atoms with Crippen LogP contribution in [0.5, 0.6) is 17.2 Å². The van der Waals surface area contributed by atoms with Gasteiger partial charge in [0.15, 0.2) is 40.7 Å². The smallest absolute Gasteiger partial charge is 0.303 e. The summed E-state index contributed by atoms with van der Waals surface area (Å²) in [5.74, 6) is -4.67. The summed E-state index contributed by atoms with van der Waals surface area (Å²) in [4.78, 5) is 125. The maximum atomic E-state index is 12.0. The summed E-state index contributed by atoms with van der Waals surface area (Å²) >= 11 is 3.21. The minimum atomic E-state index is -1.18. The van der Waals surface area contributed by atoms with Crippen molar-refractivity contribution in [3.63, 3.8) is 0 Å². The van der Waals surface area contributed by atoms with Crippen LogP contribution in [0.1, 0.15) is 109 Å². The molecule has 0 amide bonds. The second-order valence-corrected chi connectivity index (χ2v) is 19.9. The molecule has 0 bridgehead atoms. The van der Waals surface area contributed by atoms with E-state index in [4.69, 9.17) is 62.3 Å². The lowest BCUT2D eigenvalue weighted by Crippen LogP contribution is -2.59. The molecule has 0 aliphatic carbocycles. The molecule has 6 rings (SSSR count). The average molecular weight is 1220 g/mol. The van der Waals surface area contributed by atoms with E-state index in [1.807, 2.05) is 0 Å². The molecule has 0 radical (unpaired) electrons. The van der Waals surface area contributed by atoms with E-state index in [0.29, 0.717) is 34.5 Å². The van der Waals surface area contributed by atoms with Gasteiger partial charge in [0.1, 0.15) is 54.2 Å². The molecule has 3 aromatic rings. The van der Waals surface area contributed by atoms with Crippen LogP contribution < -0.4 is 9.47 Å². The molecule has 448 valence electrons. The third-order valence-corrected chi connectivity index (χ3v) is 13.0. The molecule has 3 aromatic carbocycles. The first-order valence-corrected chi connectivity index (χ1v) is 26.4. The van der Waals surface area contributed by atoms with Gasteiger partial charge in [-0.25, -0.2) is 0 Å². The Balaban J connectivity index is 0.000000303. The topological polar surface area (TPSA) is 330 Å². The van der Waals surface area contributed by atoms with Gasteiger partial charge in [-0.15, -0.1) is 0 Å². The van der Waals surface area contributed by atoms with Crippen LogP contribution in [-0.4, -0.2) is 148 Å². The number of rotatable bonds is 16. The van der Waals surface area contributed by atoms with Gasteiger partial charge in [0, 0.05) is 70.4 Å². The van der Waals surface area contributed by atoms with Gasteiger partial charge >= 0.3 is 35.8 Å². The molecular formula is C57H69BrO24. The van der Waals surface area contributed by atoms with Gasteiger partial charge in [0.25, 0.3) is 0 Å². The van der Waals surface area contributed by atoms with Crippen molar-refractivity contribution in [3.05, 3.63) is 89.5 Å². The summed E-state index contributed by atoms with van der Waals surface area (Å²) in [7, 11) is 0. The van der Waals surface area contributed by atoms with Crippen molar-refractivity contribution in [1.29, 1.82) is 0 Å². The van der Waals surface area contributed by atoms with Crippen molar-refractivity contribution in [2.45, 2.75) is 162 Å². The van der Waals surface area contributed by atoms with Crippen LogP contribution in [0.3, 0.4) is 0 Å². The number of aldehydes is 2. The highest BCUT2D eigenvalue weighted by Crippen LogP contribution is 2.36. The average Bonchev–Trinajstić information content (AvgIpc) is 3.57. The fraction of sp³-hybridized carbons (Fsp3) is 0.491. The molecule has 15 atom stereocenters. The molecule has 3 heterocycles. The Morgan fingerprint density at radius 3 is 1.02 bits per heavy atom. The summed E-state index contributed by atoms with van der Waals surface area (Å²) in [6, 6.07) is 18.8. The number of ketones is 3. The van der Waals surface area contributed by atoms with Gasteiger partial charge in [-0.1, -0.05) is 48.8 Å². The van der Waals surface area contributed by atoms with E-state index in [2.05, 4.69) is 15.9 Å². The number of hydrogen-bond donors (Lipinski definition) is 2. The maximum absolute atomic E-state index is 12.0. The lowest BCUT2D eigenvalue weighted by atomic mass is 9.88. The molecule has 0 aromatic heterocycles. The molecule has 2 N–H and O–H groups in total. The molecule has 3 saturated heterocycles. The van der Waals surface area contributed by atoms with E-state index >= 15 is 0 Å². The van der Waals surface area contributed by atoms with Crippen molar-refractivity contribution in [2.75, 3.05) is 0 Å². The molecule has 3 aliphatic heterocycles. The zero-order valence-corrected chi connectivity index (χ0v) is 48.8. The maximum Gasteiger partial charge on any atom is 0.303 e. The normalized spacial score (nSPS) is 27.0. The second-order valence-electron chi connectivity index (χ2n) is 19.0. The zero-order valence-electron chi connectivity index (χ0n) is 47.2. The Bertz CT molecular complexity index is 2680. The number of aromatic hydroxyl groups is 1. The molecule has 0 saturated carbocycles. The van der Waals surface area contributed by atoms with E-state index in [-0.39, 0.29) is 29.7 Å². The SMILES string of the molecule is CC(=O)O[C@H]1[C@H](OC(C)=O)[C@@H](C)C(C(C)=O)O[C@@H]1Br.CC(=O)O[C@H]1[C@H](Oc2ccc(C=O)cc2)O[C@H](C(C)=O)[C@@H](C)[C@@H]1OC(C)=O.CC(=O)O[C@H]1[C@H](Oc2ccc(CO)cc2)O[C@H](C(C)=O)[C@@H](C)[C@@H]1OC(C)=O.O=Cc1ccc(O)cc1. The van der Waals surface area contributed by atoms with E-state index in [1.165, 1.54) is 74.4 Å². The number of aliphatic hydroxyl groups excluding tert-OH is 1. The minimum Gasteiger partial charge on any atom is -0.508 e. The quantitative estimate of drug-likeness (QED) is 0.0778. The van der Waals surface area contributed by atoms with Gasteiger partial charge in [-0.2, -0.15) is 0 Å². The Morgan fingerprint density at radius 1 is 0.439 bits per heavy atom. The first-order valence-electron chi connectivity index (χ1n) is 25.5. The summed E-state index contributed by atoms with van der Waals surface area (Å²) < 4.78 is 60.1. The molecule has 82 heavy (non-hydrogen) atoms. The third kappa shape index (κ3) is 21.1. The highest BCUT2D eigenvalue weighted by Gasteiger charge is 2.52. The Kier molecular flexibility index (Phi) is 27.6. The van der Waals surface area contributed by atoms with E-state index < -0.39 is 126 Å². The van der Waals surface area contributed by atoms with Crippen LogP contribution >= 0.6 is 15.9 Å². The largest absolute Gasteiger partial charge is 0.508 e. The Labute approximate surface area is 481 Å². The molecule has 25 heteroatoms. The number of halogens is 1. The summed E-state index contributed by atoms with van der Waals surface area (Å²) in [6.07, 6.45) is -8.86. The number of carbonyl (C=O) groups excluding carboxylic acids is 11. The predicted octanol–water partition coefficient (Wildman–Crippen LogP) is 5.46. The first kappa shape index (κ1) is 68.8. The summed E-state index contributed by atoms with van der Waals surface area (Å²) in [6.45, 7) is 16.5. The van der Waals surface area contributed by atoms with Crippen LogP contribution in [-0.2, 0) is 92.4 Å². The number of phenolic OH excluding ortho intramolecular Hbond substituents is 1. The number of aliphatic hydroxyl groups is 1. The van der Waals surface area contributed by atoms with E-state index in [9.17, 15) is 52.7 Å². The van der Waals surface area contributed by atoms with Gasteiger partial charge in [0.05, 0.1) is 6.61 Å². The van der Waals surface area contributed by atoms with E-state index in [0.717, 1.165) is 6.29 Å². The van der Waals surface area contributed by atoms with Crippen LogP contribution in [0, 0.1) is 17.8 Å². The summed E-state index contributed by atoms with van der Waals surface area (Å²) in [5.41, 5.74) is 1.72. The highest BCUT2D eigenvalue weighted by atomic mass is 79.9. The van der Waals surface area contributed by atoms with Gasteiger partial charge < -0.3 is 62.3 Å². The van der Waals surface area contributed by atoms with Crippen molar-refractivity contribution >= 4 is 81.7 Å². The van der Waals surface area contributed by atoms with Crippen molar-refractivity contribution in [1.82, 2.24) is 0 Å². The lowest BCUT2D eigenvalue weighted by molar-refractivity contribution is -0.261. The Morgan fingerprint density at radius 2 is 0.720 bits per heavy atom. The van der Waals surface area contributed by atoms with Crippen LogP contribution in [0.4, 0.5) is 0 Å². The number of hydrogen-bond acceptors (Lipinski definition) is 24. The standard InChI is InChI=1S/C19H24O8.C19H22O8.C12H17BrO6.C7H6O2/c2*1-10-16(11(2)21)27-19(26-15-7-5-14(9-20)6-8-15)18(25-13(4)23)17(10)24-12(3)22;1-5-9(6(2)14)19-12(13)11(18-8(4)16)10(5)17-7(3)15;8-5-6-1-3-7(9)4-2-6/h5-8,10,16-20H,9H2,1-4H3;5-10,16-19H,1-4H3;5,9-12H,1-4H3;1-5,9H/t2*10-,16+,17+,18-,19-;5-,9?,10+,11-,12-;/m110./s1. The fourth-order valence-corrected chi connectivity index (χ4v) is 9.29. The molecule has 3 aliphatic rings. The predicted molar refractivity (Wildman–Crippen MR) is 287 cm³/mol. The number of phenols is 1. The van der Waals surface area contributed by atoms with Gasteiger partial charge in [0.2, 0.25) is 24.8 Å². The number of carbonyl (C=O) groups is 11. The minimum absolute atomic E-state index is 0.116. The molecule has 0 spiro atoms. The zero-order chi connectivity index (χ0) is 61.7. The van der Waals surface area contributed by atoms with Gasteiger partial charge in [-0.3, -0.25) is 52.7 Å². The van der Waals surface area contributed by atoms with Crippen molar-refractivity contribution in [2.24, 2.45) is 17.8 Å². The molecular weight excluding hydrogens is 1150 g/mol. The monoisotopic (exact) mass is 1220 g/mol. The molecule has 3 fully saturated rings. The number of esters is 6. The first-order chi connectivity index (χ1) is 38.5. The highest BCUT2D eigenvalue weighted by molar-refractivity contribution is 9.09. The number of benzene rings is 3. The summed E-state index contributed by atoms with van der Waals surface area (Å²) in [5, 5.41) is 17.2. The van der Waals surface area contributed by atoms with E-state index in [1.54, 1.807) is 81.4 Å². The van der Waals surface area contributed by atoms with Crippen molar-refractivity contribution in [3.8, 4) is 17.2 Å². The van der Waals surface area contributed by atoms with Crippen LogP contribution in [0.15, 0.2) is 72.8 Å². The number of Topliss-reactive ketones (excluding diaryl/α,β-unsaturated/α-hetero) is 3. The second kappa shape index (κ2) is 32.9. The molecule has 1 unspecified atom stereocenters. The van der Waals surface area contributed by atoms with Crippen molar-refractivity contribution < 1.29 is 115 Å². The third-order valence-electron chi connectivity index (χ3n) is 12.3. The number of ether oxygens (including phenoxy) is 11. The van der Waals surface area contributed by atoms with Crippen LogP contribution in [0.2, 0.25) is 0 Å². The van der Waals surface area contributed by atoms with Crippen LogP contribution in [0.25, 0.3) is 0 Å². The molecule has 24 nitrogen and oxygen atoms in total. The fourth-order valence-electron chi connectivity index (χ4n) is 8.65.